The van der Waals surface area contributed by atoms with E-state index in [1.807, 2.05) is 0 Å². The van der Waals surface area contributed by atoms with Crippen molar-refractivity contribution < 1.29 is 9.84 Å². The van der Waals surface area contributed by atoms with Gasteiger partial charge < -0.3 is 9.84 Å². The van der Waals surface area contributed by atoms with Crippen LogP contribution in [0.1, 0.15) is 38.5 Å². The summed E-state index contributed by atoms with van der Waals surface area (Å²) in [4.78, 5) is 2.53. The van der Waals surface area contributed by atoms with Crippen molar-refractivity contribution in [3.05, 3.63) is 0 Å². The standard InChI is InChI=1S/C13H23NO2/c15-13-4-2-1-3-10(13)7-14-8-11-5-6-12(9-14)16-11/h10-13,15H,1-9H2. The quantitative estimate of drug-likeness (QED) is 0.771. The first kappa shape index (κ1) is 11.0. The maximum Gasteiger partial charge on any atom is 0.0707 e. The van der Waals surface area contributed by atoms with Gasteiger partial charge >= 0.3 is 0 Å². The van der Waals surface area contributed by atoms with Crippen LogP contribution in [0.25, 0.3) is 0 Å². The molecule has 0 spiro atoms. The van der Waals surface area contributed by atoms with Gasteiger partial charge in [-0.2, -0.15) is 0 Å². The van der Waals surface area contributed by atoms with Crippen LogP contribution >= 0.6 is 0 Å². The highest BCUT2D eigenvalue weighted by Crippen LogP contribution is 2.30. The molecule has 4 unspecified atom stereocenters. The molecule has 3 fully saturated rings. The van der Waals surface area contributed by atoms with Crippen LogP contribution in [0.3, 0.4) is 0 Å². The number of nitrogens with zero attached hydrogens (tertiary/aromatic N) is 1. The maximum atomic E-state index is 9.99. The highest BCUT2D eigenvalue weighted by molar-refractivity contribution is 4.87. The van der Waals surface area contributed by atoms with Crippen LogP contribution in [0.5, 0.6) is 0 Å². The van der Waals surface area contributed by atoms with E-state index < -0.39 is 0 Å². The van der Waals surface area contributed by atoms with Crippen molar-refractivity contribution in [3.63, 3.8) is 0 Å². The molecule has 0 aromatic heterocycles. The summed E-state index contributed by atoms with van der Waals surface area (Å²) in [6.45, 7) is 3.29. The minimum absolute atomic E-state index is 0.0470. The van der Waals surface area contributed by atoms with Gasteiger partial charge in [0.25, 0.3) is 0 Å². The Labute approximate surface area is 97.8 Å². The lowest BCUT2D eigenvalue weighted by molar-refractivity contribution is -0.0530. The van der Waals surface area contributed by atoms with Crippen LogP contribution in [-0.4, -0.2) is 48.0 Å². The third-order valence-corrected chi connectivity index (χ3v) is 4.48. The second-order valence-corrected chi connectivity index (χ2v) is 5.79. The summed E-state index contributed by atoms with van der Waals surface area (Å²) in [5.41, 5.74) is 0. The minimum Gasteiger partial charge on any atom is -0.393 e. The predicted molar refractivity (Wildman–Crippen MR) is 62.3 cm³/mol. The Morgan fingerprint density at radius 3 is 2.38 bits per heavy atom. The van der Waals surface area contributed by atoms with E-state index >= 15 is 0 Å². The Balaban J connectivity index is 1.54. The van der Waals surface area contributed by atoms with E-state index in [4.69, 9.17) is 4.74 Å². The molecule has 3 aliphatic rings. The Kier molecular flexibility index (Phi) is 3.18. The summed E-state index contributed by atoms with van der Waals surface area (Å²) in [6.07, 6.45) is 8.16. The van der Waals surface area contributed by atoms with Crippen molar-refractivity contribution in [2.45, 2.75) is 56.8 Å². The third kappa shape index (κ3) is 2.27. The fourth-order valence-corrected chi connectivity index (χ4v) is 3.58. The summed E-state index contributed by atoms with van der Waals surface area (Å²) in [5, 5.41) is 9.99. The molecule has 2 aliphatic heterocycles. The van der Waals surface area contributed by atoms with Gasteiger partial charge in [-0.25, -0.2) is 0 Å². The Morgan fingerprint density at radius 2 is 1.69 bits per heavy atom. The molecule has 4 atom stereocenters. The van der Waals surface area contributed by atoms with Crippen molar-refractivity contribution in [1.82, 2.24) is 4.90 Å². The number of likely N-dealkylation sites (tertiary alicyclic amines) is 1. The largest absolute Gasteiger partial charge is 0.393 e. The molecule has 3 nitrogen and oxygen atoms in total. The lowest BCUT2D eigenvalue weighted by atomic mass is 9.86. The third-order valence-electron chi connectivity index (χ3n) is 4.48. The van der Waals surface area contributed by atoms with Crippen molar-refractivity contribution in [1.29, 1.82) is 0 Å². The smallest absolute Gasteiger partial charge is 0.0707 e. The van der Waals surface area contributed by atoms with Gasteiger partial charge in [-0.05, 0) is 31.6 Å². The molecule has 0 amide bonds. The van der Waals surface area contributed by atoms with Gasteiger partial charge in [0, 0.05) is 19.6 Å². The molecule has 92 valence electrons. The van der Waals surface area contributed by atoms with E-state index in [1.165, 1.54) is 32.1 Å². The van der Waals surface area contributed by atoms with Gasteiger partial charge in [0.1, 0.15) is 0 Å². The molecule has 1 N–H and O–H groups in total. The van der Waals surface area contributed by atoms with Gasteiger partial charge in [-0.15, -0.1) is 0 Å². The topological polar surface area (TPSA) is 32.7 Å². The fourth-order valence-electron chi connectivity index (χ4n) is 3.58. The number of hydrogen-bond donors (Lipinski definition) is 1. The molecule has 1 aliphatic carbocycles. The second kappa shape index (κ2) is 4.63. The number of ether oxygens (including phenoxy) is 1. The number of aliphatic hydroxyl groups excluding tert-OH is 1. The minimum atomic E-state index is -0.0470. The van der Waals surface area contributed by atoms with Crippen LogP contribution in [0.4, 0.5) is 0 Å². The van der Waals surface area contributed by atoms with Crippen molar-refractivity contribution in [2.75, 3.05) is 19.6 Å². The van der Waals surface area contributed by atoms with Crippen LogP contribution < -0.4 is 0 Å². The van der Waals surface area contributed by atoms with Crippen LogP contribution in [0, 0.1) is 5.92 Å². The van der Waals surface area contributed by atoms with Crippen LogP contribution in [0.15, 0.2) is 0 Å². The Hall–Kier alpha value is -0.120. The fraction of sp³-hybridized carbons (Fsp3) is 1.00. The predicted octanol–water partition coefficient (Wildman–Crippen LogP) is 1.40. The van der Waals surface area contributed by atoms with E-state index in [1.54, 1.807) is 0 Å². The monoisotopic (exact) mass is 225 g/mol. The Morgan fingerprint density at radius 1 is 1.00 bits per heavy atom. The summed E-state index contributed by atoms with van der Waals surface area (Å²) in [6, 6.07) is 0. The zero-order valence-electron chi connectivity index (χ0n) is 9.98. The summed E-state index contributed by atoms with van der Waals surface area (Å²) in [7, 11) is 0. The van der Waals surface area contributed by atoms with E-state index in [0.717, 1.165) is 26.1 Å². The molecule has 1 saturated carbocycles. The van der Waals surface area contributed by atoms with Gasteiger partial charge in [0.2, 0.25) is 0 Å². The first-order chi connectivity index (χ1) is 7.81. The van der Waals surface area contributed by atoms with Gasteiger partial charge in [-0.3, -0.25) is 4.90 Å². The average Bonchev–Trinajstić information content (AvgIpc) is 2.62. The van der Waals surface area contributed by atoms with Gasteiger partial charge in [0.15, 0.2) is 0 Å². The first-order valence-electron chi connectivity index (χ1n) is 6.87. The number of aliphatic hydroxyl groups is 1. The number of rotatable bonds is 2. The zero-order valence-corrected chi connectivity index (χ0v) is 9.98. The van der Waals surface area contributed by atoms with Crippen LogP contribution in [-0.2, 0) is 4.74 Å². The lowest BCUT2D eigenvalue weighted by Crippen LogP contribution is -2.46. The lowest BCUT2D eigenvalue weighted by Gasteiger charge is -2.37. The Bertz CT molecular complexity index is 234. The van der Waals surface area contributed by atoms with Crippen molar-refractivity contribution >= 4 is 0 Å². The summed E-state index contributed by atoms with van der Waals surface area (Å²) >= 11 is 0. The highest BCUT2D eigenvalue weighted by atomic mass is 16.5. The molecule has 2 heterocycles. The molecule has 0 aromatic carbocycles. The van der Waals surface area contributed by atoms with E-state index in [2.05, 4.69) is 4.90 Å². The number of morpholine rings is 1. The first-order valence-corrected chi connectivity index (χ1v) is 6.87. The van der Waals surface area contributed by atoms with E-state index in [0.29, 0.717) is 18.1 Å². The summed E-state index contributed by atoms with van der Waals surface area (Å²) < 4.78 is 5.84. The SMILES string of the molecule is OC1CCCCC1CN1CC2CCC(C1)O2. The van der Waals surface area contributed by atoms with Crippen molar-refractivity contribution in [2.24, 2.45) is 5.92 Å². The normalized spacial score (nSPS) is 44.8. The molecule has 3 rings (SSSR count). The molecule has 0 aromatic rings. The average molecular weight is 225 g/mol. The van der Waals surface area contributed by atoms with Gasteiger partial charge in [-0.1, -0.05) is 12.8 Å². The molecule has 3 heteroatoms. The second-order valence-electron chi connectivity index (χ2n) is 5.79. The molecular formula is C13H23NO2. The molecule has 2 saturated heterocycles. The maximum absolute atomic E-state index is 9.99. The van der Waals surface area contributed by atoms with Gasteiger partial charge in [0.05, 0.1) is 18.3 Å². The summed E-state index contributed by atoms with van der Waals surface area (Å²) in [5.74, 6) is 0.520. The molecule has 16 heavy (non-hydrogen) atoms. The zero-order chi connectivity index (χ0) is 11.0. The van der Waals surface area contributed by atoms with Crippen LogP contribution in [0.2, 0.25) is 0 Å². The molecule has 2 bridgehead atoms. The number of hydrogen-bond acceptors (Lipinski definition) is 3. The van der Waals surface area contributed by atoms with E-state index in [-0.39, 0.29) is 6.10 Å². The van der Waals surface area contributed by atoms with Crippen molar-refractivity contribution in [3.8, 4) is 0 Å². The molecule has 0 radical (unpaired) electrons. The molecular weight excluding hydrogens is 202 g/mol. The highest BCUT2D eigenvalue weighted by Gasteiger charge is 2.35. The van der Waals surface area contributed by atoms with E-state index in [9.17, 15) is 5.11 Å². The number of fused-ring (bicyclic) bond motifs is 2.